The van der Waals surface area contributed by atoms with E-state index in [1.54, 1.807) is 14.2 Å². The molecule has 0 bridgehead atoms. The lowest BCUT2D eigenvalue weighted by atomic mass is 10.1. The fourth-order valence-electron chi connectivity index (χ4n) is 3.73. The van der Waals surface area contributed by atoms with Gasteiger partial charge in [0, 0.05) is 36.8 Å². The van der Waals surface area contributed by atoms with Crippen molar-refractivity contribution in [2.45, 2.75) is 19.7 Å². The largest absolute Gasteiger partial charge is 0.496 e. The van der Waals surface area contributed by atoms with Gasteiger partial charge in [0.15, 0.2) is 0 Å². The number of benzene rings is 3. The topological polar surface area (TPSA) is 64.6 Å². The van der Waals surface area contributed by atoms with Crippen LogP contribution < -0.4 is 15.4 Å². The van der Waals surface area contributed by atoms with Crippen LogP contribution >= 0.6 is 0 Å². The van der Waals surface area contributed by atoms with Gasteiger partial charge in [-0.25, -0.2) is 4.98 Å². The Kier molecular flexibility index (Phi) is 8.32. The second-order valence-corrected chi connectivity index (χ2v) is 7.99. The minimum Gasteiger partial charge on any atom is -0.496 e. The first kappa shape index (κ1) is 23.5. The fraction of sp³-hybridized carbons (Fsp3) is 0.250. The van der Waals surface area contributed by atoms with Crippen molar-refractivity contribution in [2.75, 3.05) is 38.1 Å². The summed E-state index contributed by atoms with van der Waals surface area (Å²) in [5, 5.41) is 8.00. The molecule has 6 nitrogen and oxygen atoms in total. The van der Waals surface area contributed by atoms with Crippen LogP contribution in [0.15, 0.2) is 78.9 Å². The highest BCUT2D eigenvalue weighted by atomic mass is 16.5. The fourth-order valence-corrected chi connectivity index (χ4v) is 3.73. The van der Waals surface area contributed by atoms with Crippen LogP contribution in [-0.2, 0) is 29.2 Å². The van der Waals surface area contributed by atoms with Gasteiger partial charge in [-0.1, -0.05) is 42.5 Å². The summed E-state index contributed by atoms with van der Waals surface area (Å²) in [4.78, 5) is 4.76. The maximum absolute atomic E-state index is 5.63. The number of fused-ring (bicyclic) bond motifs is 1. The Hall–Kier alpha value is -3.61. The van der Waals surface area contributed by atoms with Crippen molar-refractivity contribution in [3.8, 4) is 5.75 Å². The van der Waals surface area contributed by atoms with Crippen molar-refractivity contribution in [3.05, 3.63) is 95.6 Å². The SMILES string of the molecule is COCCOCc1cccc(CNc2ccc3nc(NCc4ccccc4OC)ccc3c2)c1. The molecular weight excluding hydrogens is 426 g/mol. The molecule has 3 aromatic carbocycles. The third-order valence-electron chi connectivity index (χ3n) is 5.53. The minimum atomic E-state index is 0.590. The van der Waals surface area contributed by atoms with Gasteiger partial charge in [-0.2, -0.15) is 0 Å². The lowest BCUT2D eigenvalue weighted by molar-refractivity contribution is 0.0616. The van der Waals surface area contributed by atoms with E-state index in [1.165, 1.54) is 5.56 Å². The number of nitrogens with zero attached hydrogens (tertiary/aromatic N) is 1. The van der Waals surface area contributed by atoms with Crippen LogP contribution in [0.4, 0.5) is 11.5 Å². The second-order valence-electron chi connectivity index (χ2n) is 7.99. The molecule has 0 saturated heterocycles. The molecule has 1 heterocycles. The second kappa shape index (κ2) is 12.0. The summed E-state index contributed by atoms with van der Waals surface area (Å²) < 4.78 is 16.1. The van der Waals surface area contributed by atoms with Crippen LogP contribution in [0, 0.1) is 0 Å². The van der Waals surface area contributed by atoms with Gasteiger partial charge >= 0.3 is 0 Å². The average molecular weight is 458 g/mol. The van der Waals surface area contributed by atoms with Crippen molar-refractivity contribution >= 4 is 22.4 Å². The van der Waals surface area contributed by atoms with Crippen LogP contribution in [-0.4, -0.2) is 32.4 Å². The molecule has 6 heteroatoms. The number of methoxy groups -OCH3 is 2. The quantitative estimate of drug-likeness (QED) is 0.269. The van der Waals surface area contributed by atoms with Gasteiger partial charge in [-0.05, 0) is 47.5 Å². The molecule has 0 amide bonds. The summed E-state index contributed by atoms with van der Waals surface area (Å²) in [6, 6.07) is 26.8. The minimum absolute atomic E-state index is 0.590. The Morgan fingerprint density at radius 3 is 2.53 bits per heavy atom. The molecule has 34 heavy (non-hydrogen) atoms. The third-order valence-corrected chi connectivity index (χ3v) is 5.53. The molecule has 0 atom stereocenters. The zero-order valence-electron chi connectivity index (χ0n) is 19.7. The number of pyridine rings is 1. The van der Waals surface area contributed by atoms with Crippen LogP contribution in [0.1, 0.15) is 16.7 Å². The van der Waals surface area contributed by atoms with E-state index in [1.807, 2.05) is 30.3 Å². The van der Waals surface area contributed by atoms with Gasteiger partial charge in [0.1, 0.15) is 11.6 Å². The highest BCUT2D eigenvalue weighted by Gasteiger charge is 2.04. The molecule has 176 valence electrons. The highest BCUT2D eigenvalue weighted by Crippen LogP contribution is 2.22. The molecular formula is C28H31N3O3. The molecule has 0 unspecified atom stereocenters. The van der Waals surface area contributed by atoms with Gasteiger partial charge in [0.05, 0.1) is 32.4 Å². The van der Waals surface area contributed by atoms with E-state index in [2.05, 4.69) is 59.2 Å². The molecule has 0 aliphatic rings. The summed E-state index contributed by atoms with van der Waals surface area (Å²) in [7, 11) is 3.37. The summed E-state index contributed by atoms with van der Waals surface area (Å²) in [6.07, 6.45) is 0. The van der Waals surface area contributed by atoms with Crippen LogP contribution in [0.3, 0.4) is 0 Å². The van der Waals surface area contributed by atoms with Crippen molar-refractivity contribution in [1.29, 1.82) is 0 Å². The Morgan fingerprint density at radius 2 is 1.65 bits per heavy atom. The first-order chi connectivity index (χ1) is 16.7. The summed E-state index contributed by atoms with van der Waals surface area (Å²) in [5.74, 6) is 1.71. The van der Waals surface area contributed by atoms with E-state index in [0.29, 0.717) is 26.4 Å². The Morgan fingerprint density at radius 1 is 0.765 bits per heavy atom. The lowest BCUT2D eigenvalue weighted by Gasteiger charge is -2.11. The molecule has 4 aromatic rings. The molecule has 0 radical (unpaired) electrons. The van der Waals surface area contributed by atoms with Crippen molar-refractivity contribution in [2.24, 2.45) is 0 Å². The van der Waals surface area contributed by atoms with Crippen LogP contribution in [0.2, 0.25) is 0 Å². The van der Waals surface area contributed by atoms with Crippen molar-refractivity contribution in [3.63, 3.8) is 0 Å². The van der Waals surface area contributed by atoms with E-state index in [0.717, 1.165) is 45.8 Å². The first-order valence-corrected chi connectivity index (χ1v) is 11.4. The van der Waals surface area contributed by atoms with Gasteiger partial charge in [0.2, 0.25) is 0 Å². The van der Waals surface area contributed by atoms with E-state index >= 15 is 0 Å². The average Bonchev–Trinajstić information content (AvgIpc) is 2.89. The highest BCUT2D eigenvalue weighted by molar-refractivity contribution is 5.83. The van der Waals surface area contributed by atoms with Gasteiger partial charge in [-0.15, -0.1) is 0 Å². The number of hydrogen-bond acceptors (Lipinski definition) is 6. The predicted molar refractivity (Wildman–Crippen MR) is 137 cm³/mol. The van der Waals surface area contributed by atoms with Crippen molar-refractivity contribution in [1.82, 2.24) is 4.98 Å². The standard InChI is InChI=1S/C28H31N3O3/c1-32-14-15-34-20-22-7-5-6-21(16-22)18-29-25-11-12-26-23(17-25)10-13-28(31-26)30-19-24-8-3-4-9-27(24)33-2/h3-13,16-17,29H,14-15,18-20H2,1-2H3,(H,30,31). The number of hydrogen-bond donors (Lipinski definition) is 2. The van der Waals surface area contributed by atoms with Crippen LogP contribution in [0.25, 0.3) is 10.9 Å². The first-order valence-electron chi connectivity index (χ1n) is 11.4. The molecule has 0 aliphatic carbocycles. The summed E-state index contributed by atoms with van der Waals surface area (Å²) in [6.45, 7) is 3.19. The zero-order valence-corrected chi connectivity index (χ0v) is 19.7. The van der Waals surface area contributed by atoms with Gasteiger partial charge in [0.25, 0.3) is 0 Å². The summed E-state index contributed by atoms with van der Waals surface area (Å²) in [5.41, 5.74) is 5.47. The zero-order chi connectivity index (χ0) is 23.6. The number of anilines is 2. The number of ether oxygens (including phenoxy) is 3. The molecule has 0 fully saturated rings. The van der Waals surface area contributed by atoms with E-state index < -0.39 is 0 Å². The molecule has 0 saturated carbocycles. The van der Waals surface area contributed by atoms with E-state index in [9.17, 15) is 0 Å². The number of aromatic nitrogens is 1. The maximum Gasteiger partial charge on any atom is 0.126 e. The summed E-state index contributed by atoms with van der Waals surface area (Å²) >= 11 is 0. The van der Waals surface area contributed by atoms with Crippen LogP contribution in [0.5, 0.6) is 5.75 Å². The van der Waals surface area contributed by atoms with E-state index in [4.69, 9.17) is 19.2 Å². The van der Waals surface area contributed by atoms with E-state index in [-0.39, 0.29) is 0 Å². The Bertz CT molecular complexity index is 1210. The smallest absolute Gasteiger partial charge is 0.126 e. The molecule has 0 spiro atoms. The molecule has 1 aromatic heterocycles. The lowest BCUT2D eigenvalue weighted by Crippen LogP contribution is -2.04. The van der Waals surface area contributed by atoms with Crippen molar-refractivity contribution < 1.29 is 14.2 Å². The normalized spacial score (nSPS) is 10.9. The maximum atomic E-state index is 5.63. The van der Waals surface area contributed by atoms with Gasteiger partial charge < -0.3 is 24.8 Å². The third kappa shape index (κ3) is 6.47. The number of nitrogens with one attached hydrogen (secondary N) is 2. The molecule has 2 N–H and O–H groups in total. The molecule has 0 aliphatic heterocycles. The molecule has 4 rings (SSSR count). The Balaban J connectivity index is 1.35. The Labute approximate surface area is 200 Å². The number of para-hydroxylation sites is 1. The number of rotatable bonds is 12. The van der Waals surface area contributed by atoms with Gasteiger partial charge in [-0.3, -0.25) is 0 Å². The predicted octanol–water partition coefficient (Wildman–Crippen LogP) is 5.63. The monoisotopic (exact) mass is 457 g/mol.